The Kier molecular flexibility index (Phi) is 5.87. The van der Waals surface area contributed by atoms with Crippen molar-refractivity contribution < 1.29 is 9.47 Å². The normalized spacial score (nSPS) is 19.6. The first kappa shape index (κ1) is 14.5. The van der Waals surface area contributed by atoms with Crippen molar-refractivity contribution >= 4 is 0 Å². The minimum absolute atomic E-state index is 0.365. The molecule has 19 heavy (non-hydrogen) atoms. The van der Waals surface area contributed by atoms with Gasteiger partial charge in [0.15, 0.2) is 0 Å². The van der Waals surface area contributed by atoms with Gasteiger partial charge in [-0.25, -0.2) is 0 Å². The number of hydrogen-bond acceptors (Lipinski definition) is 2. The number of ether oxygens (including phenoxy) is 2. The Morgan fingerprint density at radius 1 is 1.16 bits per heavy atom. The summed E-state index contributed by atoms with van der Waals surface area (Å²) < 4.78 is 10.5. The molecule has 1 fully saturated rings. The second-order valence-corrected chi connectivity index (χ2v) is 5.30. The molecule has 1 atom stereocenters. The van der Waals surface area contributed by atoms with Crippen molar-refractivity contribution in [1.82, 2.24) is 0 Å². The molecule has 0 spiro atoms. The van der Waals surface area contributed by atoms with E-state index in [1.165, 1.54) is 30.9 Å². The van der Waals surface area contributed by atoms with Crippen LogP contribution in [0.4, 0.5) is 0 Å². The molecule has 106 valence electrons. The van der Waals surface area contributed by atoms with E-state index in [-0.39, 0.29) is 0 Å². The summed E-state index contributed by atoms with van der Waals surface area (Å²) in [7, 11) is 0. The quantitative estimate of drug-likeness (QED) is 0.762. The average molecular weight is 262 g/mol. The van der Waals surface area contributed by atoms with Crippen LogP contribution in [0.2, 0.25) is 0 Å². The van der Waals surface area contributed by atoms with Gasteiger partial charge in [-0.1, -0.05) is 44.9 Å². The summed E-state index contributed by atoms with van der Waals surface area (Å²) in [5.41, 5.74) is 1.59. The Balaban J connectivity index is 0.000000148. The van der Waals surface area contributed by atoms with E-state index in [0.29, 0.717) is 6.10 Å². The molecule has 1 aliphatic heterocycles. The van der Waals surface area contributed by atoms with Crippen molar-refractivity contribution in [3.63, 3.8) is 0 Å². The third-order valence-corrected chi connectivity index (χ3v) is 3.81. The lowest BCUT2D eigenvalue weighted by Crippen LogP contribution is -2.27. The van der Waals surface area contributed by atoms with Crippen LogP contribution in [0.15, 0.2) is 18.2 Å². The van der Waals surface area contributed by atoms with Crippen molar-refractivity contribution in [2.24, 2.45) is 0 Å². The molecule has 0 aromatic heterocycles. The largest absolute Gasteiger partial charge is 0.376 e. The lowest BCUT2D eigenvalue weighted by molar-refractivity contribution is -0.0887. The zero-order valence-corrected chi connectivity index (χ0v) is 12.3. The molecule has 0 bridgehead atoms. The Morgan fingerprint density at radius 3 is 2.47 bits per heavy atom. The van der Waals surface area contributed by atoms with Gasteiger partial charge in [0.05, 0.1) is 25.9 Å². The molecule has 3 rings (SSSR count). The Morgan fingerprint density at radius 2 is 2.05 bits per heavy atom. The van der Waals surface area contributed by atoms with Gasteiger partial charge < -0.3 is 9.47 Å². The highest BCUT2D eigenvalue weighted by Gasteiger charge is 2.10. The summed E-state index contributed by atoms with van der Waals surface area (Å²) in [5.74, 6) is 0. The van der Waals surface area contributed by atoms with E-state index in [9.17, 15) is 0 Å². The van der Waals surface area contributed by atoms with Crippen LogP contribution in [-0.2, 0) is 15.9 Å². The van der Waals surface area contributed by atoms with E-state index in [1.807, 2.05) is 0 Å². The average Bonchev–Trinajstić information content (AvgIpc) is 2.45. The fraction of sp³-hybridized carbons (Fsp3) is 0.647. The number of benzene rings is 1. The van der Waals surface area contributed by atoms with Crippen molar-refractivity contribution in [3.8, 4) is 0 Å². The zero-order chi connectivity index (χ0) is 13.5. The van der Waals surface area contributed by atoms with Crippen LogP contribution < -0.4 is 0 Å². The summed E-state index contributed by atoms with van der Waals surface area (Å²) in [5, 5.41) is 3.03. The predicted molar refractivity (Wildman–Crippen MR) is 78.2 cm³/mol. The molecule has 1 unspecified atom stereocenters. The first-order chi connectivity index (χ1) is 9.35. The molecule has 1 heterocycles. The second-order valence-electron chi connectivity index (χ2n) is 5.30. The van der Waals surface area contributed by atoms with Gasteiger partial charge in [-0.3, -0.25) is 0 Å². The topological polar surface area (TPSA) is 18.5 Å². The molecule has 3 aliphatic rings. The number of hydrogen-bond donors (Lipinski definition) is 0. The molecule has 0 radical (unpaired) electrons. The third-order valence-electron chi connectivity index (χ3n) is 3.81. The molecular formula is C17H26O2. The van der Waals surface area contributed by atoms with Crippen molar-refractivity contribution in [2.75, 3.05) is 19.8 Å². The Hall–Kier alpha value is -0.860. The van der Waals surface area contributed by atoms with E-state index in [4.69, 9.17) is 9.47 Å². The SMILES string of the molecule is CCC1COCCO1.CCCCCc1cc2ccc1=2. The monoisotopic (exact) mass is 262 g/mol. The second kappa shape index (κ2) is 7.66. The summed E-state index contributed by atoms with van der Waals surface area (Å²) in [4.78, 5) is 0. The minimum atomic E-state index is 0.365. The number of rotatable bonds is 5. The van der Waals surface area contributed by atoms with Gasteiger partial charge in [-0.2, -0.15) is 0 Å². The van der Waals surface area contributed by atoms with Crippen LogP contribution in [0.25, 0.3) is 0 Å². The van der Waals surface area contributed by atoms with Crippen LogP contribution in [0, 0.1) is 10.4 Å². The molecule has 0 amide bonds. The van der Waals surface area contributed by atoms with Gasteiger partial charge in [-0.15, -0.1) is 0 Å². The Labute approximate surface area is 116 Å². The summed E-state index contributed by atoms with van der Waals surface area (Å²) >= 11 is 0. The van der Waals surface area contributed by atoms with E-state index in [2.05, 4.69) is 32.0 Å². The van der Waals surface area contributed by atoms with Gasteiger partial charge in [-0.05, 0) is 35.3 Å². The van der Waals surface area contributed by atoms with Gasteiger partial charge in [0.1, 0.15) is 0 Å². The van der Waals surface area contributed by atoms with Gasteiger partial charge in [0, 0.05) is 0 Å². The molecule has 0 N–H and O–H groups in total. The molecular weight excluding hydrogens is 236 g/mol. The van der Waals surface area contributed by atoms with Gasteiger partial charge in [0.25, 0.3) is 0 Å². The summed E-state index contributed by atoms with van der Waals surface area (Å²) in [6.45, 7) is 6.70. The lowest BCUT2D eigenvalue weighted by atomic mass is 9.95. The van der Waals surface area contributed by atoms with Crippen LogP contribution in [0.3, 0.4) is 0 Å². The molecule has 1 saturated heterocycles. The summed E-state index contributed by atoms with van der Waals surface area (Å²) in [6.07, 6.45) is 6.81. The smallest absolute Gasteiger partial charge is 0.0807 e. The first-order valence-corrected chi connectivity index (χ1v) is 7.67. The number of unbranched alkanes of at least 4 members (excludes halogenated alkanes) is 2. The first-order valence-electron chi connectivity index (χ1n) is 7.67. The lowest BCUT2D eigenvalue weighted by Gasteiger charge is -2.20. The molecule has 0 saturated carbocycles. The maximum Gasteiger partial charge on any atom is 0.0807 e. The van der Waals surface area contributed by atoms with Gasteiger partial charge in [0.2, 0.25) is 0 Å². The standard InChI is InChI=1S/C11H14.C6H12O2/c1-2-3-4-5-9-8-10-6-7-11(9)10;1-2-6-5-7-3-4-8-6/h6-8H,2-5H2,1H3;6H,2-5H2,1H3. The van der Waals surface area contributed by atoms with Crippen LogP contribution in [0.1, 0.15) is 45.1 Å². The van der Waals surface area contributed by atoms with Crippen molar-refractivity contribution in [3.05, 3.63) is 34.2 Å². The maximum absolute atomic E-state index is 5.30. The predicted octanol–water partition coefficient (Wildman–Crippen LogP) is 3.83. The third kappa shape index (κ3) is 4.05. The fourth-order valence-corrected chi connectivity index (χ4v) is 2.41. The highest BCUT2D eigenvalue weighted by Crippen LogP contribution is 2.18. The highest BCUT2D eigenvalue weighted by atomic mass is 16.6. The van der Waals surface area contributed by atoms with Crippen LogP contribution >= 0.6 is 0 Å². The van der Waals surface area contributed by atoms with E-state index in [0.717, 1.165) is 26.2 Å². The van der Waals surface area contributed by atoms with Crippen molar-refractivity contribution in [2.45, 2.75) is 52.1 Å². The molecule has 0 aromatic carbocycles. The fourth-order valence-electron chi connectivity index (χ4n) is 2.41. The number of aryl methyl sites for hydroxylation is 1. The maximum atomic E-state index is 5.30. The van der Waals surface area contributed by atoms with Crippen LogP contribution in [-0.4, -0.2) is 25.9 Å². The molecule has 2 heteroatoms. The minimum Gasteiger partial charge on any atom is -0.376 e. The Bertz CT molecular complexity index is 461. The molecule has 2 aliphatic carbocycles. The van der Waals surface area contributed by atoms with E-state index < -0.39 is 0 Å². The van der Waals surface area contributed by atoms with E-state index in [1.54, 1.807) is 10.8 Å². The molecule has 2 nitrogen and oxygen atoms in total. The molecule has 0 aromatic rings. The van der Waals surface area contributed by atoms with Gasteiger partial charge >= 0.3 is 0 Å². The highest BCUT2D eigenvalue weighted by molar-refractivity contribution is 5.33. The van der Waals surface area contributed by atoms with Crippen molar-refractivity contribution in [1.29, 1.82) is 0 Å². The van der Waals surface area contributed by atoms with E-state index >= 15 is 0 Å². The zero-order valence-electron chi connectivity index (χ0n) is 12.3. The summed E-state index contributed by atoms with van der Waals surface area (Å²) in [6, 6.07) is 6.75. The van der Waals surface area contributed by atoms with Crippen LogP contribution in [0.5, 0.6) is 0 Å².